The van der Waals surface area contributed by atoms with Gasteiger partial charge in [0.2, 0.25) is 23.6 Å². The molecule has 2 aliphatic heterocycles. The van der Waals surface area contributed by atoms with Crippen LogP contribution in [0.4, 0.5) is 23.2 Å². The Morgan fingerprint density at radius 3 is 2.43 bits per heavy atom. The highest BCUT2D eigenvalue weighted by atomic mass is 35.5. The second kappa shape index (κ2) is 12.5. The summed E-state index contributed by atoms with van der Waals surface area (Å²) in [4.78, 5) is 69.0. The van der Waals surface area contributed by atoms with Gasteiger partial charge in [0.1, 0.15) is 17.3 Å². The third-order valence-electron chi connectivity index (χ3n) is 10.3. The van der Waals surface area contributed by atoms with E-state index in [2.05, 4.69) is 4.74 Å². The van der Waals surface area contributed by atoms with Crippen LogP contribution in [0.2, 0.25) is 5.02 Å². The van der Waals surface area contributed by atoms with Crippen molar-refractivity contribution in [2.45, 2.75) is 57.7 Å². The number of carbonyl (C=O) groups is 5. The van der Waals surface area contributed by atoms with Gasteiger partial charge in [-0.25, -0.2) is 9.29 Å². The van der Waals surface area contributed by atoms with Crippen LogP contribution in [0.15, 0.2) is 48.0 Å². The summed E-state index contributed by atoms with van der Waals surface area (Å²) in [6.07, 6.45) is -2.27. The molecule has 260 valence electrons. The molecule has 6 rings (SSSR count). The highest BCUT2D eigenvalue weighted by Crippen LogP contribution is 2.64. The lowest BCUT2D eigenvalue weighted by Crippen LogP contribution is -2.49. The minimum atomic E-state index is -5.08. The smallest absolute Gasteiger partial charge is 0.508 e. The van der Waals surface area contributed by atoms with Crippen LogP contribution in [0.25, 0.3) is 0 Å². The topological polar surface area (TPSA) is 142 Å². The van der Waals surface area contributed by atoms with Gasteiger partial charge in [0, 0.05) is 24.4 Å². The molecule has 2 aromatic carbocycles. The lowest BCUT2D eigenvalue weighted by molar-refractivity contribution is -0.274. The number of carboxylic acid groups (broad SMARTS) is 1. The minimum absolute atomic E-state index is 0.0369. The van der Waals surface area contributed by atoms with Crippen LogP contribution in [0.3, 0.4) is 0 Å². The van der Waals surface area contributed by atoms with Crippen LogP contribution in [0, 0.1) is 34.9 Å². The van der Waals surface area contributed by atoms with Crippen molar-refractivity contribution in [2.75, 3.05) is 11.4 Å². The monoisotopic (exact) mass is 706 g/mol. The zero-order chi connectivity index (χ0) is 35.6. The quantitative estimate of drug-likeness (QED) is 0.141. The first-order valence-electron chi connectivity index (χ1n) is 15.7. The molecular weight excluding hydrogens is 676 g/mol. The third kappa shape index (κ3) is 5.83. The molecule has 3 fully saturated rings. The predicted octanol–water partition coefficient (Wildman–Crippen LogP) is 5.96. The van der Waals surface area contributed by atoms with Gasteiger partial charge in [0.05, 0.1) is 33.9 Å². The predicted molar refractivity (Wildman–Crippen MR) is 164 cm³/mol. The number of alkyl halides is 3. The zero-order valence-corrected chi connectivity index (χ0v) is 26.8. The van der Waals surface area contributed by atoms with Gasteiger partial charge < -0.3 is 14.9 Å². The summed E-state index contributed by atoms with van der Waals surface area (Å²) in [6, 6.07) is 6.12. The van der Waals surface area contributed by atoms with Gasteiger partial charge in [-0.3, -0.25) is 28.9 Å². The van der Waals surface area contributed by atoms with E-state index in [1.54, 1.807) is 6.08 Å². The number of halogens is 5. The van der Waals surface area contributed by atoms with Crippen molar-refractivity contribution >= 4 is 46.9 Å². The molecule has 49 heavy (non-hydrogen) atoms. The van der Waals surface area contributed by atoms with Crippen LogP contribution < -0.4 is 9.64 Å². The van der Waals surface area contributed by atoms with E-state index in [0.717, 1.165) is 40.1 Å². The second-order valence-corrected chi connectivity index (χ2v) is 13.5. The Balaban J connectivity index is 1.43. The van der Waals surface area contributed by atoms with E-state index in [0.29, 0.717) is 24.8 Å². The Kier molecular flexibility index (Phi) is 8.74. The Morgan fingerprint density at radius 2 is 1.76 bits per heavy atom. The number of anilines is 1. The molecule has 15 heteroatoms. The molecular formula is C34H31ClF4N2O8. The maximum absolute atomic E-state index is 14.4. The summed E-state index contributed by atoms with van der Waals surface area (Å²) in [5.74, 6) is -10.3. The number of hydrogen-bond acceptors (Lipinski definition) is 7. The van der Waals surface area contributed by atoms with Crippen LogP contribution in [-0.2, 0) is 24.0 Å². The van der Waals surface area contributed by atoms with Gasteiger partial charge in [-0.2, -0.15) is 0 Å². The third-order valence-corrected chi connectivity index (χ3v) is 10.6. The first kappa shape index (κ1) is 34.4. The molecule has 2 aromatic rings. The zero-order valence-electron chi connectivity index (χ0n) is 26.0. The van der Waals surface area contributed by atoms with Crippen LogP contribution in [-0.4, -0.2) is 57.6 Å². The van der Waals surface area contributed by atoms with Crippen LogP contribution in [0.5, 0.6) is 11.5 Å². The van der Waals surface area contributed by atoms with Crippen molar-refractivity contribution in [1.29, 1.82) is 0 Å². The number of fused-ring (bicyclic) bond motifs is 4. The molecule has 4 aliphatic rings. The molecule has 1 saturated carbocycles. The number of amides is 4. The number of rotatable bonds is 9. The number of likely N-dealkylation sites (tertiary alicyclic amines) is 1. The molecule has 0 aromatic heterocycles. The number of benzene rings is 2. The number of aromatic hydroxyl groups is 1. The minimum Gasteiger partial charge on any atom is -0.508 e. The fraction of sp³-hybridized carbons (Fsp3) is 0.441. The largest absolute Gasteiger partial charge is 0.573 e. The van der Waals surface area contributed by atoms with Crippen molar-refractivity contribution in [2.24, 2.45) is 29.1 Å². The molecule has 6 unspecified atom stereocenters. The van der Waals surface area contributed by atoms with Crippen molar-refractivity contribution < 1.29 is 56.5 Å². The average Bonchev–Trinajstić information content (AvgIpc) is 3.38. The van der Waals surface area contributed by atoms with E-state index in [1.807, 2.05) is 0 Å². The molecule has 0 spiro atoms. The normalized spacial score (nSPS) is 28.0. The number of phenolic OH excluding ortho intramolecular Hbond substituents is 1. The molecule has 6 atom stereocenters. The summed E-state index contributed by atoms with van der Waals surface area (Å²) >= 11 is 5.99. The van der Waals surface area contributed by atoms with E-state index in [1.165, 1.54) is 13.0 Å². The van der Waals surface area contributed by atoms with Gasteiger partial charge in [-0.1, -0.05) is 29.7 Å². The van der Waals surface area contributed by atoms with E-state index in [4.69, 9.17) is 16.7 Å². The van der Waals surface area contributed by atoms with E-state index < -0.39 is 88.3 Å². The average molecular weight is 707 g/mol. The number of aliphatic carboxylic acids is 1. The van der Waals surface area contributed by atoms with Crippen molar-refractivity contribution in [3.8, 4) is 11.5 Å². The fourth-order valence-corrected chi connectivity index (χ4v) is 8.37. The highest BCUT2D eigenvalue weighted by Gasteiger charge is 2.68. The van der Waals surface area contributed by atoms with Gasteiger partial charge in [0.15, 0.2) is 0 Å². The summed E-state index contributed by atoms with van der Waals surface area (Å²) in [7, 11) is 0. The summed E-state index contributed by atoms with van der Waals surface area (Å²) < 4.78 is 58.0. The maximum atomic E-state index is 14.4. The van der Waals surface area contributed by atoms with Crippen LogP contribution in [0.1, 0.15) is 56.9 Å². The molecule has 0 bridgehead atoms. The van der Waals surface area contributed by atoms with Crippen molar-refractivity contribution in [3.63, 3.8) is 0 Å². The van der Waals surface area contributed by atoms with Gasteiger partial charge in [-0.05, 0) is 74.9 Å². The number of nitrogens with zero attached hydrogens (tertiary/aromatic N) is 2. The number of carboxylic acids is 1. The van der Waals surface area contributed by atoms with Crippen molar-refractivity contribution in [1.82, 2.24) is 4.90 Å². The number of carbonyl (C=O) groups excluding carboxylic acids is 4. The summed E-state index contributed by atoms with van der Waals surface area (Å²) in [5, 5.41) is 19.7. The Bertz CT molecular complexity index is 1800. The number of allylic oxidation sites excluding steroid dienone is 2. The fourth-order valence-electron chi connectivity index (χ4n) is 8.20. The Morgan fingerprint density at radius 1 is 1.02 bits per heavy atom. The number of phenols is 1. The molecule has 2 heterocycles. The molecule has 2 aliphatic carbocycles. The Hall–Kier alpha value is -4.46. The van der Waals surface area contributed by atoms with E-state index >= 15 is 0 Å². The van der Waals surface area contributed by atoms with Crippen LogP contribution >= 0.6 is 11.6 Å². The van der Waals surface area contributed by atoms with Gasteiger partial charge >= 0.3 is 12.3 Å². The molecule has 4 amide bonds. The molecule has 2 saturated heterocycles. The molecule has 2 N–H and O–H groups in total. The SMILES string of the molecule is CC12C(=O)N(c3ccc(F)c(Cl)c3)C(=O)C1CC1C(=CCC3C(=O)N(CCCCCC(=O)O)C(=O)C31)C2c1cc(OC(F)(F)F)ccc1O. The number of imide groups is 2. The first-order chi connectivity index (χ1) is 23.0. The number of hydrogen-bond donors (Lipinski definition) is 2. The summed E-state index contributed by atoms with van der Waals surface area (Å²) in [6.45, 7) is 1.53. The van der Waals surface area contributed by atoms with Gasteiger partial charge in [0.25, 0.3) is 0 Å². The highest BCUT2D eigenvalue weighted by molar-refractivity contribution is 6.31. The standard InChI is InChI=1S/C34H31ClF4N2O8/c1-33-22(30(46)41(32(33)48)16-6-10-24(36)23(35)13-16)15-20-18(28(33)21-14-17(7-11-25(21)42)49-34(37,38)39)8-9-19-27(20)31(47)40(29(19)45)12-4-2-3-5-26(43)44/h6-8,10-11,13-14,19-20,22,27-28,42H,2-5,9,12,15H2,1H3,(H,43,44). The van der Waals surface area contributed by atoms with Crippen molar-refractivity contribution in [3.05, 3.63) is 64.5 Å². The number of ether oxygens (including phenoxy) is 1. The van der Waals surface area contributed by atoms with Gasteiger partial charge in [-0.15, -0.1) is 13.2 Å². The number of unbranched alkanes of at least 4 members (excludes halogenated alkanes) is 2. The van der Waals surface area contributed by atoms with E-state index in [-0.39, 0.29) is 42.1 Å². The Labute approximate surface area is 282 Å². The van der Waals surface area contributed by atoms with E-state index in [9.17, 15) is 46.6 Å². The molecule has 10 nitrogen and oxygen atoms in total. The lowest BCUT2D eigenvalue weighted by atomic mass is 9.51. The lowest BCUT2D eigenvalue weighted by Gasteiger charge is -2.49. The second-order valence-electron chi connectivity index (χ2n) is 13.1. The molecule has 0 radical (unpaired) electrons. The summed E-state index contributed by atoms with van der Waals surface area (Å²) in [5.41, 5.74) is -1.47. The first-order valence-corrected chi connectivity index (χ1v) is 16.1. The maximum Gasteiger partial charge on any atom is 0.573 e.